The van der Waals surface area contributed by atoms with Gasteiger partial charge in [0.15, 0.2) is 17.3 Å². The van der Waals surface area contributed by atoms with E-state index in [1.807, 2.05) is 24.3 Å². The van der Waals surface area contributed by atoms with Gasteiger partial charge in [0.2, 0.25) is 0 Å². The van der Waals surface area contributed by atoms with Crippen LogP contribution in [0.25, 0.3) is 0 Å². The normalized spacial score (nSPS) is 10.8. The molecule has 0 saturated heterocycles. The van der Waals surface area contributed by atoms with Crippen molar-refractivity contribution in [1.82, 2.24) is 5.43 Å². The first-order valence-corrected chi connectivity index (χ1v) is 8.88. The minimum Gasteiger partial charge on any atom is -0.493 e. The summed E-state index contributed by atoms with van der Waals surface area (Å²) < 4.78 is 16.4. The van der Waals surface area contributed by atoms with Crippen LogP contribution in [0.4, 0.5) is 0 Å². The average molecular weight is 399 g/mol. The Balaban J connectivity index is 1.63. The standard InChI is InChI=1S/C21H19ClN2O4/c1-14-7-9-19(28-14)21(25)24-23-12-15-8-10-18(20(11-15)26-2)27-13-16-5-3-4-6-17(16)22/h3-12H,13H2,1-2H3,(H,24,25)/b23-12-. The fourth-order valence-corrected chi connectivity index (χ4v) is 2.62. The van der Waals surface area contributed by atoms with E-state index in [2.05, 4.69) is 10.5 Å². The topological polar surface area (TPSA) is 73.1 Å². The first-order valence-electron chi connectivity index (χ1n) is 8.51. The lowest BCUT2D eigenvalue weighted by atomic mass is 10.2. The molecular weight excluding hydrogens is 380 g/mol. The number of ether oxygens (including phenoxy) is 2. The summed E-state index contributed by atoms with van der Waals surface area (Å²) in [6.07, 6.45) is 1.51. The molecule has 0 aliphatic heterocycles. The molecule has 0 aliphatic carbocycles. The van der Waals surface area contributed by atoms with Gasteiger partial charge in [0.1, 0.15) is 12.4 Å². The molecule has 7 heteroatoms. The van der Waals surface area contributed by atoms with Crippen molar-refractivity contribution in [2.45, 2.75) is 13.5 Å². The molecule has 3 rings (SSSR count). The quantitative estimate of drug-likeness (QED) is 0.466. The van der Waals surface area contributed by atoms with Crippen LogP contribution in [0, 0.1) is 6.92 Å². The van der Waals surface area contributed by atoms with Gasteiger partial charge in [-0.2, -0.15) is 5.10 Å². The fourth-order valence-electron chi connectivity index (χ4n) is 2.43. The Kier molecular flexibility index (Phi) is 6.34. The molecule has 144 valence electrons. The lowest BCUT2D eigenvalue weighted by Gasteiger charge is -2.12. The maximum absolute atomic E-state index is 11.9. The molecule has 1 amide bonds. The molecule has 1 heterocycles. The molecule has 0 radical (unpaired) electrons. The summed E-state index contributed by atoms with van der Waals surface area (Å²) >= 11 is 6.15. The smallest absolute Gasteiger partial charge is 0.307 e. The Bertz CT molecular complexity index is 998. The summed E-state index contributed by atoms with van der Waals surface area (Å²) in [5.74, 6) is 1.57. The van der Waals surface area contributed by atoms with E-state index >= 15 is 0 Å². The first-order chi connectivity index (χ1) is 13.6. The Morgan fingerprint density at radius 2 is 2.00 bits per heavy atom. The predicted molar refractivity (Wildman–Crippen MR) is 107 cm³/mol. The Labute approximate surface area is 167 Å². The number of methoxy groups -OCH3 is 1. The van der Waals surface area contributed by atoms with E-state index in [1.54, 1.807) is 44.4 Å². The molecule has 2 aromatic carbocycles. The zero-order valence-corrected chi connectivity index (χ0v) is 16.2. The van der Waals surface area contributed by atoms with E-state index < -0.39 is 5.91 Å². The van der Waals surface area contributed by atoms with Crippen molar-refractivity contribution in [3.63, 3.8) is 0 Å². The SMILES string of the molecule is COc1cc(/C=N\NC(=O)c2ccc(C)o2)ccc1OCc1ccccc1Cl. The summed E-state index contributed by atoms with van der Waals surface area (Å²) in [5, 5.41) is 4.59. The van der Waals surface area contributed by atoms with E-state index in [1.165, 1.54) is 6.21 Å². The molecule has 0 aliphatic rings. The third-order valence-electron chi connectivity index (χ3n) is 3.87. The Morgan fingerprint density at radius 3 is 2.71 bits per heavy atom. The number of nitrogens with zero attached hydrogens (tertiary/aromatic N) is 1. The molecule has 0 unspecified atom stereocenters. The van der Waals surface area contributed by atoms with Gasteiger partial charge in [-0.25, -0.2) is 5.43 Å². The van der Waals surface area contributed by atoms with Crippen LogP contribution in [-0.2, 0) is 6.61 Å². The number of amides is 1. The molecule has 3 aromatic rings. The summed E-state index contributed by atoms with van der Waals surface area (Å²) in [5.41, 5.74) is 4.03. The number of hydrogen-bond donors (Lipinski definition) is 1. The van der Waals surface area contributed by atoms with E-state index in [0.29, 0.717) is 28.9 Å². The van der Waals surface area contributed by atoms with Crippen molar-refractivity contribution >= 4 is 23.7 Å². The number of hydrazone groups is 1. The van der Waals surface area contributed by atoms with E-state index in [0.717, 1.165) is 11.1 Å². The third-order valence-corrected chi connectivity index (χ3v) is 4.24. The molecule has 28 heavy (non-hydrogen) atoms. The second-order valence-corrected chi connectivity index (χ2v) is 6.31. The monoisotopic (exact) mass is 398 g/mol. The summed E-state index contributed by atoms with van der Waals surface area (Å²) in [6.45, 7) is 2.09. The maximum Gasteiger partial charge on any atom is 0.307 e. The van der Waals surface area contributed by atoms with Crippen molar-refractivity contribution in [1.29, 1.82) is 0 Å². The number of furan rings is 1. The zero-order valence-electron chi connectivity index (χ0n) is 15.4. The predicted octanol–water partition coefficient (Wildman–Crippen LogP) is 4.59. The van der Waals surface area contributed by atoms with Gasteiger partial charge in [-0.15, -0.1) is 0 Å². The van der Waals surface area contributed by atoms with Crippen LogP contribution in [0.2, 0.25) is 5.02 Å². The minimum absolute atomic E-state index is 0.204. The fraction of sp³-hybridized carbons (Fsp3) is 0.143. The highest BCUT2D eigenvalue weighted by Gasteiger charge is 2.09. The Morgan fingerprint density at radius 1 is 1.18 bits per heavy atom. The second-order valence-electron chi connectivity index (χ2n) is 5.90. The van der Waals surface area contributed by atoms with Crippen molar-refractivity contribution in [2.75, 3.05) is 7.11 Å². The van der Waals surface area contributed by atoms with Gasteiger partial charge in [0.25, 0.3) is 0 Å². The largest absolute Gasteiger partial charge is 0.493 e. The van der Waals surface area contributed by atoms with Crippen LogP contribution in [0.1, 0.15) is 27.4 Å². The highest BCUT2D eigenvalue weighted by Crippen LogP contribution is 2.29. The van der Waals surface area contributed by atoms with E-state index in [4.69, 9.17) is 25.5 Å². The van der Waals surface area contributed by atoms with Gasteiger partial charge in [-0.1, -0.05) is 29.8 Å². The van der Waals surface area contributed by atoms with E-state index in [9.17, 15) is 4.79 Å². The van der Waals surface area contributed by atoms with Crippen molar-refractivity contribution < 1.29 is 18.7 Å². The summed E-state index contributed by atoms with van der Waals surface area (Å²) in [6, 6.07) is 16.1. The highest BCUT2D eigenvalue weighted by atomic mass is 35.5. The first kappa shape index (κ1) is 19.5. The van der Waals surface area contributed by atoms with Gasteiger partial charge in [0, 0.05) is 10.6 Å². The average Bonchev–Trinajstić information content (AvgIpc) is 3.14. The van der Waals surface area contributed by atoms with Crippen LogP contribution in [-0.4, -0.2) is 19.2 Å². The number of nitrogens with one attached hydrogen (secondary N) is 1. The molecule has 6 nitrogen and oxygen atoms in total. The summed E-state index contributed by atoms with van der Waals surface area (Å²) in [7, 11) is 1.56. The number of benzene rings is 2. The molecule has 0 fully saturated rings. The second kappa shape index (κ2) is 9.10. The Hall–Kier alpha value is -3.25. The number of aryl methyl sites for hydroxylation is 1. The number of halogens is 1. The van der Waals surface area contributed by atoms with Crippen molar-refractivity contribution in [2.24, 2.45) is 5.10 Å². The lowest BCUT2D eigenvalue weighted by molar-refractivity contribution is 0.0926. The molecule has 0 saturated carbocycles. The van der Waals surface area contributed by atoms with Crippen molar-refractivity contribution in [3.05, 3.63) is 82.3 Å². The van der Waals surface area contributed by atoms with Gasteiger partial charge >= 0.3 is 5.91 Å². The highest BCUT2D eigenvalue weighted by molar-refractivity contribution is 6.31. The van der Waals surface area contributed by atoms with Crippen LogP contribution in [0.15, 0.2) is 64.1 Å². The molecule has 0 bridgehead atoms. The third kappa shape index (κ3) is 4.92. The van der Waals surface area contributed by atoms with Crippen LogP contribution >= 0.6 is 11.6 Å². The van der Waals surface area contributed by atoms with Crippen LogP contribution in [0.3, 0.4) is 0 Å². The van der Waals surface area contributed by atoms with E-state index in [-0.39, 0.29) is 5.76 Å². The summed E-state index contributed by atoms with van der Waals surface area (Å²) in [4.78, 5) is 11.9. The number of carbonyl (C=O) groups excluding carboxylic acids is 1. The van der Waals surface area contributed by atoms with Gasteiger partial charge in [-0.05, 0) is 48.9 Å². The molecule has 0 atom stereocenters. The number of rotatable bonds is 7. The molecular formula is C21H19ClN2O4. The molecule has 1 N–H and O–H groups in total. The number of carbonyl (C=O) groups is 1. The molecule has 0 spiro atoms. The maximum atomic E-state index is 11.9. The van der Waals surface area contributed by atoms with Gasteiger partial charge < -0.3 is 13.9 Å². The van der Waals surface area contributed by atoms with Crippen molar-refractivity contribution in [3.8, 4) is 11.5 Å². The van der Waals surface area contributed by atoms with Gasteiger partial charge in [-0.3, -0.25) is 4.79 Å². The van der Waals surface area contributed by atoms with Crippen LogP contribution < -0.4 is 14.9 Å². The van der Waals surface area contributed by atoms with Crippen LogP contribution in [0.5, 0.6) is 11.5 Å². The molecule has 1 aromatic heterocycles. The van der Waals surface area contributed by atoms with Gasteiger partial charge in [0.05, 0.1) is 13.3 Å². The zero-order chi connectivity index (χ0) is 19.9. The number of hydrogen-bond acceptors (Lipinski definition) is 5. The lowest BCUT2D eigenvalue weighted by Crippen LogP contribution is -2.16. The minimum atomic E-state index is -0.420.